The molecule has 1 aromatic carbocycles. The van der Waals surface area contributed by atoms with Crippen molar-refractivity contribution in [3.05, 3.63) is 35.4 Å². The Labute approximate surface area is 85.0 Å². The first kappa shape index (κ1) is 9.69. The summed E-state index contributed by atoms with van der Waals surface area (Å²) in [5.41, 5.74) is 2.95. The maximum atomic E-state index is 9.06. The number of nitrogens with one attached hydrogen (secondary N) is 1. The Balaban J connectivity index is 2.23. The summed E-state index contributed by atoms with van der Waals surface area (Å²) in [4.78, 5) is 0. The molecule has 0 aromatic heterocycles. The second-order valence-corrected chi connectivity index (χ2v) is 4.13. The summed E-state index contributed by atoms with van der Waals surface area (Å²) in [6, 6.07) is 8.55. The summed E-state index contributed by atoms with van der Waals surface area (Å²) in [6.45, 7) is 0.259. The van der Waals surface area contributed by atoms with Gasteiger partial charge in [-0.3, -0.25) is 0 Å². The van der Waals surface area contributed by atoms with Gasteiger partial charge in [0.25, 0.3) is 0 Å². The molecule has 0 saturated carbocycles. The Morgan fingerprint density at radius 3 is 2.29 bits per heavy atom. The van der Waals surface area contributed by atoms with Gasteiger partial charge in [-0.05, 0) is 37.4 Å². The molecule has 1 aliphatic carbocycles. The second kappa shape index (κ2) is 3.71. The molecule has 0 aliphatic heterocycles. The standard InChI is InChI=1S/C12H17NO/c1-13-12(6-7-14)8-10-4-2-3-5-11(10)9-12/h2-5,13-14H,6-9H2,1H3. The monoisotopic (exact) mass is 191 g/mol. The summed E-state index contributed by atoms with van der Waals surface area (Å²) >= 11 is 0. The van der Waals surface area contributed by atoms with E-state index in [4.69, 9.17) is 5.11 Å². The molecule has 2 nitrogen and oxygen atoms in total. The van der Waals surface area contributed by atoms with Crippen molar-refractivity contribution in [1.29, 1.82) is 0 Å². The number of likely N-dealkylation sites (N-methyl/N-ethyl adjacent to an activating group) is 1. The largest absolute Gasteiger partial charge is 0.396 e. The fourth-order valence-corrected chi connectivity index (χ4v) is 2.39. The van der Waals surface area contributed by atoms with Crippen molar-refractivity contribution in [3.8, 4) is 0 Å². The van der Waals surface area contributed by atoms with Crippen LogP contribution in [0, 0.1) is 0 Å². The van der Waals surface area contributed by atoms with Crippen molar-refractivity contribution in [2.24, 2.45) is 0 Å². The smallest absolute Gasteiger partial charge is 0.0448 e. The highest BCUT2D eigenvalue weighted by molar-refractivity contribution is 5.36. The lowest BCUT2D eigenvalue weighted by Gasteiger charge is -2.27. The minimum Gasteiger partial charge on any atom is -0.396 e. The van der Waals surface area contributed by atoms with Gasteiger partial charge >= 0.3 is 0 Å². The Hall–Kier alpha value is -0.860. The highest BCUT2D eigenvalue weighted by Gasteiger charge is 2.34. The van der Waals surface area contributed by atoms with Gasteiger partial charge < -0.3 is 10.4 Å². The normalized spacial score (nSPS) is 18.1. The van der Waals surface area contributed by atoms with Gasteiger partial charge in [-0.2, -0.15) is 0 Å². The molecular weight excluding hydrogens is 174 g/mol. The van der Waals surface area contributed by atoms with Crippen LogP contribution in [0.2, 0.25) is 0 Å². The number of fused-ring (bicyclic) bond motifs is 1. The third kappa shape index (κ3) is 1.56. The molecule has 0 spiro atoms. The zero-order valence-electron chi connectivity index (χ0n) is 8.59. The Morgan fingerprint density at radius 1 is 1.29 bits per heavy atom. The molecule has 1 aliphatic rings. The maximum absolute atomic E-state index is 9.06. The Kier molecular flexibility index (Phi) is 2.57. The average molecular weight is 191 g/mol. The van der Waals surface area contributed by atoms with Crippen LogP contribution in [-0.2, 0) is 12.8 Å². The molecule has 2 N–H and O–H groups in total. The van der Waals surface area contributed by atoms with Gasteiger partial charge in [0, 0.05) is 12.1 Å². The number of hydrogen-bond acceptors (Lipinski definition) is 2. The molecule has 0 heterocycles. The van der Waals surface area contributed by atoms with Crippen molar-refractivity contribution in [1.82, 2.24) is 5.32 Å². The number of aliphatic hydroxyl groups is 1. The summed E-state index contributed by atoms with van der Waals surface area (Å²) in [6.07, 6.45) is 2.92. The molecule has 0 saturated heterocycles. The minimum atomic E-state index is 0.0957. The quantitative estimate of drug-likeness (QED) is 0.750. The molecule has 0 fully saturated rings. The van der Waals surface area contributed by atoms with E-state index in [9.17, 15) is 0 Å². The Morgan fingerprint density at radius 2 is 1.86 bits per heavy atom. The topological polar surface area (TPSA) is 32.3 Å². The number of rotatable bonds is 3. The molecule has 2 rings (SSSR count). The Bertz CT molecular complexity index is 297. The zero-order valence-corrected chi connectivity index (χ0v) is 8.59. The van der Waals surface area contributed by atoms with E-state index in [2.05, 4.69) is 29.6 Å². The molecule has 14 heavy (non-hydrogen) atoms. The van der Waals surface area contributed by atoms with Crippen molar-refractivity contribution >= 4 is 0 Å². The van der Waals surface area contributed by atoms with E-state index in [-0.39, 0.29) is 12.1 Å². The van der Waals surface area contributed by atoms with E-state index in [1.165, 1.54) is 11.1 Å². The van der Waals surface area contributed by atoms with E-state index in [0.29, 0.717) is 0 Å². The molecule has 0 atom stereocenters. The van der Waals surface area contributed by atoms with Gasteiger partial charge in [-0.1, -0.05) is 24.3 Å². The highest BCUT2D eigenvalue weighted by atomic mass is 16.3. The van der Waals surface area contributed by atoms with Crippen molar-refractivity contribution in [3.63, 3.8) is 0 Å². The molecule has 0 radical (unpaired) electrons. The first-order valence-corrected chi connectivity index (χ1v) is 5.16. The van der Waals surface area contributed by atoms with Crippen LogP contribution in [0.3, 0.4) is 0 Å². The zero-order chi connectivity index (χ0) is 10.0. The molecular formula is C12H17NO. The van der Waals surface area contributed by atoms with E-state index in [1.807, 2.05) is 7.05 Å². The van der Waals surface area contributed by atoms with Crippen molar-refractivity contribution < 1.29 is 5.11 Å². The van der Waals surface area contributed by atoms with E-state index in [0.717, 1.165) is 19.3 Å². The maximum Gasteiger partial charge on any atom is 0.0448 e. The molecule has 76 valence electrons. The van der Waals surface area contributed by atoms with Crippen molar-refractivity contribution in [2.75, 3.05) is 13.7 Å². The van der Waals surface area contributed by atoms with E-state index < -0.39 is 0 Å². The van der Waals surface area contributed by atoms with Gasteiger partial charge in [0.05, 0.1) is 0 Å². The predicted molar refractivity (Wildman–Crippen MR) is 57.3 cm³/mol. The lowest BCUT2D eigenvalue weighted by Crippen LogP contribution is -2.44. The summed E-state index contributed by atoms with van der Waals surface area (Å²) in [7, 11) is 1.99. The van der Waals surface area contributed by atoms with Crippen LogP contribution in [0.1, 0.15) is 17.5 Å². The SMILES string of the molecule is CNC1(CCO)Cc2ccccc2C1. The van der Waals surface area contributed by atoms with Gasteiger partial charge in [0.15, 0.2) is 0 Å². The highest BCUT2D eigenvalue weighted by Crippen LogP contribution is 2.31. The molecule has 2 heteroatoms. The van der Waals surface area contributed by atoms with Gasteiger partial charge in [0.2, 0.25) is 0 Å². The van der Waals surface area contributed by atoms with Crippen LogP contribution < -0.4 is 5.32 Å². The number of aliphatic hydroxyl groups excluding tert-OH is 1. The molecule has 0 bridgehead atoms. The number of benzene rings is 1. The number of hydrogen-bond donors (Lipinski definition) is 2. The molecule has 0 amide bonds. The lowest BCUT2D eigenvalue weighted by atomic mass is 9.92. The van der Waals surface area contributed by atoms with E-state index in [1.54, 1.807) is 0 Å². The average Bonchev–Trinajstić information content (AvgIpc) is 2.57. The van der Waals surface area contributed by atoms with Gasteiger partial charge in [-0.15, -0.1) is 0 Å². The minimum absolute atomic E-state index is 0.0957. The summed E-state index contributed by atoms with van der Waals surface area (Å²) < 4.78 is 0. The van der Waals surface area contributed by atoms with Crippen LogP contribution in [0.25, 0.3) is 0 Å². The van der Waals surface area contributed by atoms with Crippen LogP contribution in [0.15, 0.2) is 24.3 Å². The first-order valence-electron chi connectivity index (χ1n) is 5.16. The second-order valence-electron chi connectivity index (χ2n) is 4.13. The first-order chi connectivity index (χ1) is 6.79. The van der Waals surface area contributed by atoms with Crippen molar-refractivity contribution in [2.45, 2.75) is 24.8 Å². The fourth-order valence-electron chi connectivity index (χ4n) is 2.39. The molecule has 0 unspecified atom stereocenters. The van der Waals surface area contributed by atoms with Gasteiger partial charge in [0.1, 0.15) is 0 Å². The lowest BCUT2D eigenvalue weighted by molar-refractivity contribution is 0.221. The third-order valence-corrected chi connectivity index (χ3v) is 3.30. The third-order valence-electron chi connectivity index (χ3n) is 3.30. The van der Waals surface area contributed by atoms with Crippen LogP contribution in [-0.4, -0.2) is 24.3 Å². The van der Waals surface area contributed by atoms with E-state index >= 15 is 0 Å². The van der Waals surface area contributed by atoms with Crippen LogP contribution >= 0.6 is 0 Å². The summed E-state index contributed by atoms with van der Waals surface area (Å²) in [5, 5.41) is 12.4. The summed E-state index contributed by atoms with van der Waals surface area (Å²) in [5.74, 6) is 0. The molecule has 1 aromatic rings. The van der Waals surface area contributed by atoms with Crippen LogP contribution in [0.4, 0.5) is 0 Å². The van der Waals surface area contributed by atoms with Gasteiger partial charge in [-0.25, -0.2) is 0 Å². The van der Waals surface area contributed by atoms with Crippen LogP contribution in [0.5, 0.6) is 0 Å². The predicted octanol–water partition coefficient (Wildman–Crippen LogP) is 1.13. The fraction of sp³-hybridized carbons (Fsp3) is 0.500.